The smallest absolute Gasteiger partial charge is 0.227 e. The van der Waals surface area contributed by atoms with Gasteiger partial charge in [-0.05, 0) is 17.9 Å². The van der Waals surface area contributed by atoms with Gasteiger partial charge >= 0.3 is 0 Å². The van der Waals surface area contributed by atoms with Gasteiger partial charge in [0.1, 0.15) is 0 Å². The van der Waals surface area contributed by atoms with Crippen molar-refractivity contribution in [2.45, 2.75) is 44.4 Å². The Morgan fingerprint density at radius 2 is 1.92 bits per heavy atom. The Morgan fingerprint density at radius 1 is 1.19 bits per heavy atom. The Labute approximate surface area is 156 Å². The molecule has 1 N–H and O–H groups in total. The zero-order valence-corrected chi connectivity index (χ0v) is 16.0. The van der Waals surface area contributed by atoms with Crippen LogP contribution in [0.25, 0.3) is 0 Å². The molecular formula is C21H31N3O2. The molecule has 3 fully saturated rings. The predicted molar refractivity (Wildman–Crippen MR) is 102 cm³/mol. The van der Waals surface area contributed by atoms with Crippen molar-refractivity contribution in [1.82, 2.24) is 14.7 Å². The lowest BCUT2D eigenvalue weighted by molar-refractivity contribution is -0.156. The van der Waals surface area contributed by atoms with E-state index in [4.69, 9.17) is 0 Å². The average molecular weight is 357 g/mol. The fourth-order valence-corrected chi connectivity index (χ4v) is 5.18. The number of rotatable bonds is 4. The Balaban J connectivity index is 1.43. The van der Waals surface area contributed by atoms with E-state index in [0.717, 1.165) is 51.3 Å². The van der Waals surface area contributed by atoms with E-state index in [-0.39, 0.29) is 17.6 Å². The molecule has 26 heavy (non-hydrogen) atoms. The molecule has 2 unspecified atom stereocenters. The third kappa shape index (κ3) is 3.40. The van der Waals surface area contributed by atoms with E-state index in [1.807, 2.05) is 35.2 Å². The van der Waals surface area contributed by atoms with Crippen LogP contribution in [0.15, 0.2) is 30.3 Å². The number of hydrogen-bond donors (Lipinski definition) is 1. The minimum Gasteiger partial charge on any atom is -0.392 e. The monoisotopic (exact) mass is 357 g/mol. The van der Waals surface area contributed by atoms with Crippen LogP contribution in [-0.4, -0.2) is 82.7 Å². The summed E-state index contributed by atoms with van der Waals surface area (Å²) in [4.78, 5) is 19.8. The lowest BCUT2D eigenvalue weighted by Crippen LogP contribution is -2.78. The summed E-state index contributed by atoms with van der Waals surface area (Å²) in [6.07, 6.45) is 1.14. The van der Waals surface area contributed by atoms with Crippen LogP contribution in [0.5, 0.6) is 0 Å². The van der Waals surface area contributed by atoms with Crippen LogP contribution in [0.2, 0.25) is 0 Å². The second-order valence-corrected chi connectivity index (χ2v) is 8.92. The molecular weight excluding hydrogens is 326 g/mol. The first-order valence-electron chi connectivity index (χ1n) is 9.94. The maximum absolute atomic E-state index is 12.7. The molecule has 4 rings (SSSR count). The van der Waals surface area contributed by atoms with Crippen LogP contribution in [0.1, 0.15) is 25.8 Å². The fraction of sp³-hybridized carbons (Fsp3) is 0.667. The highest BCUT2D eigenvalue weighted by molar-refractivity contribution is 5.80. The second kappa shape index (κ2) is 6.95. The van der Waals surface area contributed by atoms with Crippen molar-refractivity contribution in [3.8, 4) is 0 Å². The molecule has 3 aliphatic rings. The average Bonchev–Trinajstić information content (AvgIpc) is 2.92. The third-order valence-electron chi connectivity index (χ3n) is 6.13. The minimum atomic E-state index is -0.218. The van der Waals surface area contributed by atoms with Crippen LogP contribution in [0.4, 0.5) is 0 Å². The zero-order valence-electron chi connectivity index (χ0n) is 16.0. The molecule has 3 saturated heterocycles. The Bertz CT molecular complexity index is 642. The molecule has 1 spiro atoms. The third-order valence-corrected chi connectivity index (χ3v) is 6.13. The number of amides is 1. The highest BCUT2D eigenvalue weighted by Gasteiger charge is 2.56. The second-order valence-electron chi connectivity index (χ2n) is 8.92. The number of nitrogens with zero attached hydrogens (tertiary/aromatic N) is 3. The number of β-amino-alcohol motifs (C(OH)–C–C–N with tert-alkyl or cyclic N) is 1. The summed E-state index contributed by atoms with van der Waals surface area (Å²) in [6, 6.07) is 10.4. The molecule has 0 aromatic heterocycles. The fourth-order valence-electron chi connectivity index (χ4n) is 5.18. The summed E-state index contributed by atoms with van der Waals surface area (Å²) < 4.78 is 0. The molecule has 1 aromatic rings. The topological polar surface area (TPSA) is 47.0 Å². The number of aliphatic hydroxyl groups excluding tert-OH is 1. The van der Waals surface area contributed by atoms with Crippen LogP contribution in [0.3, 0.4) is 0 Å². The van der Waals surface area contributed by atoms with Crippen molar-refractivity contribution in [1.29, 1.82) is 0 Å². The number of carbonyl (C=O) groups is 1. The van der Waals surface area contributed by atoms with Crippen molar-refractivity contribution in [3.63, 3.8) is 0 Å². The molecule has 1 amide bonds. The standard InChI is InChI=1S/C21H31N3O2/c1-16(2)10-22-11-18-9-19(25)12-24(18)21(13-22)14-23(15-21)20(26)8-17-6-4-3-5-7-17/h3-7,16,18-19,25H,8-15H2,1-2H3. The SMILES string of the molecule is CC(C)CN1CC2CC(O)CN2C2(C1)CN(C(=O)Cc1ccccc1)C2. The number of hydrogen-bond acceptors (Lipinski definition) is 4. The number of benzene rings is 1. The number of aliphatic hydroxyl groups is 1. The van der Waals surface area contributed by atoms with Gasteiger partial charge in [0.05, 0.1) is 18.1 Å². The number of piperazine rings is 1. The minimum absolute atomic E-state index is 0.0433. The van der Waals surface area contributed by atoms with Gasteiger partial charge < -0.3 is 10.0 Å². The van der Waals surface area contributed by atoms with Gasteiger partial charge in [0.2, 0.25) is 5.91 Å². The molecule has 3 aliphatic heterocycles. The molecule has 0 saturated carbocycles. The number of carbonyl (C=O) groups excluding carboxylic acids is 1. The van der Waals surface area contributed by atoms with E-state index < -0.39 is 0 Å². The van der Waals surface area contributed by atoms with Crippen molar-refractivity contribution >= 4 is 5.91 Å². The van der Waals surface area contributed by atoms with E-state index in [0.29, 0.717) is 18.4 Å². The van der Waals surface area contributed by atoms with Crippen molar-refractivity contribution in [3.05, 3.63) is 35.9 Å². The van der Waals surface area contributed by atoms with Gasteiger partial charge in [0.15, 0.2) is 0 Å². The quantitative estimate of drug-likeness (QED) is 0.880. The van der Waals surface area contributed by atoms with Gasteiger partial charge in [0.25, 0.3) is 0 Å². The first-order chi connectivity index (χ1) is 12.4. The summed E-state index contributed by atoms with van der Waals surface area (Å²) in [7, 11) is 0. The molecule has 5 heteroatoms. The Hall–Kier alpha value is -1.43. The summed E-state index contributed by atoms with van der Waals surface area (Å²) in [5, 5.41) is 10.2. The van der Waals surface area contributed by atoms with Crippen molar-refractivity contribution in [2.24, 2.45) is 5.92 Å². The molecule has 2 atom stereocenters. The zero-order chi connectivity index (χ0) is 18.3. The van der Waals surface area contributed by atoms with Crippen LogP contribution in [0, 0.1) is 5.92 Å². The highest BCUT2D eigenvalue weighted by atomic mass is 16.3. The number of fused-ring (bicyclic) bond motifs is 2. The van der Waals surface area contributed by atoms with Gasteiger partial charge in [-0.15, -0.1) is 0 Å². The highest BCUT2D eigenvalue weighted by Crippen LogP contribution is 2.39. The van der Waals surface area contributed by atoms with Crippen LogP contribution < -0.4 is 0 Å². The maximum atomic E-state index is 12.7. The van der Waals surface area contributed by atoms with E-state index in [9.17, 15) is 9.90 Å². The van der Waals surface area contributed by atoms with Gasteiger partial charge in [0, 0.05) is 45.3 Å². The predicted octanol–water partition coefficient (Wildman–Crippen LogP) is 1.22. The molecule has 142 valence electrons. The summed E-state index contributed by atoms with van der Waals surface area (Å²) in [6.45, 7) is 10.1. The summed E-state index contributed by atoms with van der Waals surface area (Å²) in [5.41, 5.74) is 1.12. The van der Waals surface area contributed by atoms with Gasteiger partial charge in [-0.25, -0.2) is 0 Å². The molecule has 0 bridgehead atoms. The van der Waals surface area contributed by atoms with E-state index in [2.05, 4.69) is 23.6 Å². The Kier molecular flexibility index (Phi) is 4.80. The Morgan fingerprint density at radius 3 is 2.62 bits per heavy atom. The van der Waals surface area contributed by atoms with Crippen molar-refractivity contribution < 1.29 is 9.90 Å². The van der Waals surface area contributed by atoms with E-state index in [1.54, 1.807) is 0 Å². The first-order valence-corrected chi connectivity index (χ1v) is 9.94. The van der Waals surface area contributed by atoms with Gasteiger partial charge in [-0.2, -0.15) is 0 Å². The molecule has 0 aliphatic carbocycles. The largest absolute Gasteiger partial charge is 0.392 e. The van der Waals surface area contributed by atoms with Gasteiger partial charge in [-0.3, -0.25) is 14.6 Å². The van der Waals surface area contributed by atoms with E-state index in [1.165, 1.54) is 0 Å². The van der Waals surface area contributed by atoms with Crippen molar-refractivity contribution in [2.75, 3.05) is 39.3 Å². The normalized spacial score (nSPS) is 28.4. The lowest BCUT2D eigenvalue weighted by Gasteiger charge is -2.61. The molecule has 5 nitrogen and oxygen atoms in total. The molecule has 3 heterocycles. The maximum Gasteiger partial charge on any atom is 0.227 e. The van der Waals surface area contributed by atoms with Gasteiger partial charge in [-0.1, -0.05) is 44.2 Å². The number of likely N-dealkylation sites (tertiary alicyclic amines) is 1. The summed E-state index contributed by atoms with van der Waals surface area (Å²) in [5.74, 6) is 0.861. The summed E-state index contributed by atoms with van der Waals surface area (Å²) >= 11 is 0. The van der Waals surface area contributed by atoms with Crippen LogP contribution in [-0.2, 0) is 11.2 Å². The van der Waals surface area contributed by atoms with E-state index >= 15 is 0 Å². The molecule has 1 aromatic carbocycles. The molecule has 0 radical (unpaired) electrons. The lowest BCUT2D eigenvalue weighted by atomic mass is 9.83. The van der Waals surface area contributed by atoms with Crippen LogP contribution >= 0.6 is 0 Å². The first kappa shape index (κ1) is 18.0.